The van der Waals surface area contributed by atoms with E-state index in [0.29, 0.717) is 23.6 Å². The predicted molar refractivity (Wildman–Crippen MR) is 131 cm³/mol. The lowest BCUT2D eigenvalue weighted by Crippen LogP contribution is -2.82. The molecule has 178 valence electrons. The highest BCUT2D eigenvalue weighted by Gasteiger charge is 2.79. The number of piperidine rings is 1. The quantitative estimate of drug-likeness (QED) is 0.444. The molecule has 1 saturated carbocycles. The van der Waals surface area contributed by atoms with Crippen LogP contribution in [-0.4, -0.2) is 83.7 Å². The van der Waals surface area contributed by atoms with E-state index < -0.39 is 5.60 Å². The highest BCUT2D eigenvalue weighted by atomic mass is 35.5. The third kappa shape index (κ3) is 2.51. The van der Waals surface area contributed by atoms with Crippen LogP contribution in [0, 0.1) is 5.41 Å². The van der Waals surface area contributed by atoms with Crippen molar-refractivity contribution < 1.29 is 14.6 Å². The molecule has 7 heteroatoms. The lowest BCUT2D eigenvalue weighted by Gasteiger charge is -2.72. The molecule has 2 spiro atoms. The van der Waals surface area contributed by atoms with Crippen molar-refractivity contribution in [3.8, 4) is 11.5 Å². The summed E-state index contributed by atoms with van der Waals surface area (Å²) in [5, 5.41) is 10.9. The van der Waals surface area contributed by atoms with Crippen LogP contribution in [-0.2, 0) is 16.6 Å². The molecule has 1 aromatic carbocycles. The Balaban J connectivity index is 1.60. The number of likely N-dealkylation sites (tertiary alicyclic amines) is 1. The molecule has 0 aromatic heterocycles. The van der Waals surface area contributed by atoms with E-state index in [2.05, 4.69) is 34.6 Å². The molecule has 1 N–H and O–H groups in total. The van der Waals surface area contributed by atoms with E-state index in [9.17, 15) is 5.11 Å². The molecule has 0 amide bonds. The number of methoxy groups -OCH3 is 1. The lowest BCUT2D eigenvalue weighted by atomic mass is 9.38. The van der Waals surface area contributed by atoms with Crippen molar-refractivity contribution in [1.82, 2.24) is 9.80 Å². The van der Waals surface area contributed by atoms with E-state index in [1.165, 1.54) is 11.1 Å². The van der Waals surface area contributed by atoms with Gasteiger partial charge >= 0.3 is 0 Å². The largest absolute Gasteiger partial charge is 0.504 e. The van der Waals surface area contributed by atoms with Gasteiger partial charge in [0.1, 0.15) is 11.7 Å². The Kier molecular flexibility index (Phi) is 5.14. The molecular weight excluding hydrogens is 459 g/mol. The maximum Gasteiger partial charge on any atom is 0.165 e. The first-order chi connectivity index (χ1) is 16.0. The second kappa shape index (κ2) is 7.63. The molecule has 0 radical (unpaired) electrons. The fourth-order valence-electron chi connectivity index (χ4n) is 8.33. The van der Waals surface area contributed by atoms with Gasteiger partial charge in [-0.3, -0.25) is 9.80 Å². The summed E-state index contributed by atoms with van der Waals surface area (Å²) in [6.07, 6.45) is 9.41. The minimum atomic E-state index is -0.634. The SMILES string of the molecule is C=CCN1CC[C@]23c4c5ccc(O)c4O[C@H]2[C@@]2(OC)C=C[C@@]3(C[C@@H]2N(CCCl)CCCl)[C@H]1C5. The van der Waals surface area contributed by atoms with Crippen LogP contribution in [0.2, 0.25) is 0 Å². The number of halogens is 2. The molecule has 4 bridgehead atoms. The van der Waals surface area contributed by atoms with E-state index in [1.807, 2.05) is 6.08 Å². The van der Waals surface area contributed by atoms with Crippen molar-refractivity contribution in [2.45, 2.75) is 48.5 Å². The molecule has 5 nitrogen and oxygen atoms in total. The highest BCUT2D eigenvalue weighted by molar-refractivity contribution is 6.18. The number of hydrogen-bond donors (Lipinski definition) is 1. The van der Waals surface area contributed by atoms with Crippen LogP contribution >= 0.6 is 23.2 Å². The Morgan fingerprint density at radius 3 is 2.79 bits per heavy atom. The molecule has 2 fully saturated rings. The van der Waals surface area contributed by atoms with Crippen molar-refractivity contribution in [1.29, 1.82) is 0 Å². The molecular formula is C26H32Cl2N2O3. The molecule has 0 unspecified atom stereocenters. The third-order valence-electron chi connectivity index (χ3n) is 9.43. The number of hydrogen-bond acceptors (Lipinski definition) is 5. The van der Waals surface area contributed by atoms with Crippen molar-refractivity contribution in [3.05, 3.63) is 48.1 Å². The maximum atomic E-state index is 10.9. The predicted octanol–water partition coefficient (Wildman–Crippen LogP) is 3.70. The first-order valence-corrected chi connectivity index (χ1v) is 13.1. The number of ether oxygens (including phenoxy) is 2. The summed E-state index contributed by atoms with van der Waals surface area (Å²) in [6, 6.07) is 4.33. The van der Waals surface area contributed by atoms with Gasteiger partial charge in [0.15, 0.2) is 11.5 Å². The van der Waals surface area contributed by atoms with Gasteiger partial charge in [0.25, 0.3) is 0 Å². The molecule has 6 atom stereocenters. The Hall–Kier alpha value is -1.24. The molecule has 4 aliphatic carbocycles. The number of phenols is 1. The normalized spacial score (nSPS) is 39.6. The molecule has 2 heterocycles. The summed E-state index contributed by atoms with van der Waals surface area (Å²) in [7, 11) is 1.80. The van der Waals surface area contributed by atoms with Crippen LogP contribution in [0.5, 0.6) is 11.5 Å². The zero-order valence-electron chi connectivity index (χ0n) is 19.1. The standard InChI is InChI=1S/C26H32Cl2N2O3/c1-3-11-29-12-8-25-21-17-4-5-18(31)22(21)33-23(25)26(32-2)7-6-24(25,19(29)15-17)16-20(26)30(13-9-27)14-10-28/h3-7,19-20,23,31H,1,8-16H2,2H3/t19-,20+,23-,24-,25+,26-/m1/s1. The zero-order chi connectivity index (χ0) is 23.0. The van der Waals surface area contributed by atoms with Crippen molar-refractivity contribution >= 4 is 23.2 Å². The molecule has 2 aliphatic heterocycles. The summed E-state index contributed by atoms with van der Waals surface area (Å²) in [6.45, 7) is 7.39. The van der Waals surface area contributed by atoms with Crippen LogP contribution in [0.1, 0.15) is 24.0 Å². The van der Waals surface area contributed by atoms with E-state index >= 15 is 0 Å². The summed E-state index contributed by atoms with van der Waals surface area (Å²) in [5.41, 5.74) is 1.56. The number of benzene rings is 1. The smallest absolute Gasteiger partial charge is 0.165 e. The highest BCUT2D eigenvalue weighted by Crippen LogP contribution is 2.74. The number of fused-ring (bicyclic) bond motifs is 1. The number of phenolic OH excluding ortho intramolecular Hbond substituents is 1. The lowest BCUT2D eigenvalue weighted by molar-refractivity contribution is -0.219. The summed E-state index contributed by atoms with van der Waals surface area (Å²) in [5.74, 6) is 1.99. The van der Waals surface area contributed by atoms with Gasteiger partial charge < -0.3 is 14.6 Å². The van der Waals surface area contributed by atoms with Gasteiger partial charge in [0.05, 0.1) is 5.41 Å². The first-order valence-electron chi connectivity index (χ1n) is 12.0. The topological polar surface area (TPSA) is 45.2 Å². The van der Waals surface area contributed by atoms with E-state index in [-0.39, 0.29) is 28.7 Å². The Labute approximate surface area is 205 Å². The summed E-state index contributed by atoms with van der Waals surface area (Å²) < 4.78 is 13.3. The summed E-state index contributed by atoms with van der Waals surface area (Å²) >= 11 is 12.5. The van der Waals surface area contributed by atoms with Gasteiger partial charge in [-0.15, -0.1) is 29.8 Å². The van der Waals surface area contributed by atoms with Gasteiger partial charge in [-0.2, -0.15) is 0 Å². The number of nitrogens with zero attached hydrogens (tertiary/aromatic N) is 2. The monoisotopic (exact) mass is 490 g/mol. The average molecular weight is 491 g/mol. The zero-order valence-corrected chi connectivity index (χ0v) is 20.6. The van der Waals surface area contributed by atoms with Crippen LogP contribution in [0.25, 0.3) is 0 Å². The minimum Gasteiger partial charge on any atom is -0.504 e. The van der Waals surface area contributed by atoms with Gasteiger partial charge in [-0.25, -0.2) is 0 Å². The number of aromatic hydroxyl groups is 1. The molecule has 6 aliphatic rings. The van der Waals surface area contributed by atoms with Crippen LogP contribution in [0.3, 0.4) is 0 Å². The Morgan fingerprint density at radius 2 is 2.09 bits per heavy atom. The Bertz CT molecular complexity index is 1010. The van der Waals surface area contributed by atoms with Crippen molar-refractivity contribution in [3.63, 3.8) is 0 Å². The second-order valence-corrected chi connectivity index (χ2v) is 11.0. The molecule has 1 saturated heterocycles. The van der Waals surface area contributed by atoms with Gasteiger partial charge in [-0.1, -0.05) is 24.3 Å². The van der Waals surface area contributed by atoms with Crippen LogP contribution in [0.15, 0.2) is 36.9 Å². The van der Waals surface area contributed by atoms with Gasteiger partial charge in [0.2, 0.25) is 0 Å². The minimum absolute atomic E-state index is 0.0901. The maximum absolute atomic E-state index is 10.9. The first kappa shape index (κ1) is 22.2. The average Bonchev–Trinajstić information content (AvgIpc) is 3.19. The number of alkyl halides is 2. The molecule has 7 rings (SSSR count). The second-order valence-electron chi connectivity index (χ2n) is 10.2. The molecule has 33 heavy (non-hydrogen) atoms. The van der Waals surface area contributed by atoms with Crippen molar-refractivity contribution in [2.75, 3.05) is 45.0 Å². The fourth-order valence-corrected chi connectivity index (χ4v) is 8.76. The third-order valence-corrected chi connectivity index (χ3v) is 9.77. The van der Waals surface area contributed by atoms with E-state index in [1.54, 1.807) is 13.2 Å². The van der Waals surface area contributed by atoms with Crippen molar-refractivity contribution in [2.24, 2.45) is 5.41 Å². The van der Waals surface area contributed by atoms with E-state index in [4.69, 9.17) is 32.7 Å². The van der Waals surface area contributed by atoms with Gasteiger partial charge in [-0.05, 0) is 37.4 Å². The fraction of sp³-hybridized carbons (Fsp3) is 0.615. The van der Waals surface area contributed by atoms with E-state index in [0.717, 1.165) is 45.4 Å². The molecule has 1 aromatic rings. The van der Waals surface area contributed by atoms with Crippen LogP contribution in [0.4, 0.5) is 0 Å². The van der Waals surface area contributed by atoms with Gasteiger partial charge in [0, 0.05) is 61.6 Å². The number of rotatable bonds is 8. The van der Waals surface area contributed by atoms with Crippen LogP contribution < -0.4 is 4.74 Å². The Morgan fingerprint density at radius 1 is 1.30 bits per heavy atom. The summed E-state index contributed by atoms with van der Waals surface area (Å²) in [4.78, 5) is 5.00.